The number of aromatic amines is 1. The van der Waals surface area contributed by atoms with Gasteiger partial charge in [0.05, 0.1) is 23.8 Å². The van der Waals surface area contributed by atoms with E-state index >= 15 is 0 Å². The monoisotopic (exact) mass is 415 g/mol. The molecule has 5 N–H and O–H groups in total. The van der Waals surface area contributed by atoms with Crippen molar-refractivity contribution in [2.45, 2.75) is 6.92 Å². The van der Waals surface area contributed by atoms with Gasteiger partial charge in [0, 0.05) is 17.4 Å². The van der Waals surface area contributed by atoms with Crippen molar-refractivity contribution in [3.63, 3.8) is 0 Å². The first-order valence-electron chi connectivity index (χ1n) is 9.56. The van der Waals surface area contributed by atoms with Crippen LogP contribution in [-0.4, -0.2) is 29.0 Å². The molecule has 8 heteroatoms. The van der Waals surface area contributed by atoms with Crippen molar-refractivity contribution in [3.05, 3.63) is 72.1 Å². The lowest BCUT2D eigenvalue weighted by Gasteiger charge is -2.12. The molecule has 0 aliphatic carbocycles. The Bertz CT molecular complexity index is 1280. The van der Waals surface area contributed by atoms with Crippen LogP contribution in [0.5, 0.6) is 5.75 Å². The molecule has 4 rings (SSSR count). The molecule has 2 aromatic heterocycles. The van der Waals surface area contributed by atoms with Crippen LogP contribution in [0.3, 0.4) is 0 Å². The number of aromatic nitrogens is 2. The Kier molecular flexibility index (Phi) is 5.28. The number of hydrogen-bond donors (Lipinski definition) is 4. The van der Waals surface area contributed by atoms with E-state index in [0.717, 1.165) is 16.6 Å². The Balaban J connectivity index is 1.57. The fraction of sp³-hybridized carbons (Fsp3) is 0.0870. The molecule has 0 saturated carbocycles. The molecule has 0 bridgehead atoms. The van der Waals surface area contributed by atoms with Crippen molar-refractivity contribution in [1.29, 1.82) is 0 Å². The summed E-state index contributed by atoms with van der Waals surface area (Å²) < 4.78 is 5.29. The fourth-order valence-electron chi connectivity index (χ4n) is 3.41. The van der Waals surface area contributed by atoms with Crippen LogP contribution in [0.4, 0.5) is 16.2 Å². The van der Waals surface area contributed by atoms with Crippen molar-refractivity contribution in [1.82, 2.24) is 9.97 Å². The third kappa shape index (κ3) is 4.04. The van der Waals surface area contributed by atoms with Crippen LogP contribution in [0.15, 0.2) is 60.8 Å². The van der Waals surface area contributed by atoms with Gasteiger partial charge in [0.2, 0.25) is 0 Å². The molecular formula is C23H21N5O3. The number of pyridine rings is 1. The topological polar surface area (TPSA) is 122 Å². The maximum atomic E-state index is 12.4. The number of amides is 3. The van der Waals surface area contributed by atoms with E-state index in [2.05, 4.69) is 20.6 Å². The van der Waals surface area contributed by atoms with Crippen LogP contribution < -0.4 is 21.1 Å². The number of H-pyrrole nitrogens is 1. The van der Waals surface area contributed by atoms with Gasteiger partial charge in [0.25, 0.3) is 5.91 Å². The number of methoxy groups -OCH3 is 1. The molecule has 0 saturated heterocycles. The summed E-state index contributed by atoms with van der Waals surface area (Å²) in [6.45, 7) is 1.93. The van der Waals surface area contributed by atoms with Crippen molar-refractivity contribution in [3.8, 4) is 16.9 Å². The van der Waals surface area contributed by atoms with Crippen LogP contribution in [0, 0.1) is 6.92 Å². The number of nitrogens with zero attached hydrogens (tertiary/aromatic N) is 1. The highest BCUT2D eigenvalue weighted by molar-refractivity contribution is 6.08. The summed E-state index contributed by atoms with van der Waals surface area (Å²) in [4.78, 5) is 31.7. The number of carbonyl (C=O) groups excluding carboxylic acids is 2. The Morgan fingerprint density at radius 1 is 1.06 bits per heavy atom. The van der Waals surface area contributed by atoms with Crippen LogP contribution in [0.2, 0.25) is 0 Å². The van der Waals surface area contributed by atoms with Crippen LogP contribution in [0.1, 0.15) is 16.1 Å². The Labute approximate surface area is 178 Å². The van der Waals surface area contributed by atoms with E-state index in [0.29, 0.717) is 33.9 Å². The molecule has 156 valence electrons. The van der Waals surface area contributed by atoms with Gasteiger partial charge >= 0.3 is 6.03 Å². The number of hydrogen-bond acceptors (Lipinski definition) is 4. The highest BCUT2D eigenvalue weighted by Gasteiger charge is 2.18. The predicted molar refractivity (Wildman–Crippen MR) is 120 cm³/mol. The van der Waals surface area contributed by atoms with Gasteiger partial charge in [0.1, 0.15) is 11.4 Å². The van der Waals surface area contributed by atoms with Gasteiger partial charge in [-0.3, -0.25) is 9.78 Å². The predicted octanol–water partition coefficient (Wildman–Crippen LogP) is 4.29. The first-order chi connectivity index (χ1) is 15.0. The quantitative estimate of drug-likeness (QED) is 0.388. The summed E-state index contributed by atoms with van der Waals surface area (Å²) in [5.74, 6) is 0.00333. The van der Waals surface area contributed by atoms with E-state index in [1.807, 2.05) is 25.1 Å². The largest absolute Gasteiger partial charge is 0.495 e. The smallest absolute Gasteiger partial charge is 0.323 e. The SMILES string of the molecule is COc1ccc(C)cc1NC(=O)Nc1ccc(-c2c(C(N)=O)[nH]c3cccnc23)cc1. The number of urea groups is 1. The molecule has 0 fully saturated rings. The average molecular weight is 415 g/mol. The number of nitrogens with two attached hydrogens (primary N) is 1. The molecule has 8 nitrogen and oxygen atoms in total. The molecule has 0 aliphatic heterocycles. The van der Waals surface area contributed by atoms with Crippen molar-refractivity contribution in [2.24, 2.45) is 5.73 Å². The highest BCUT2D eigenvalue weighted by Crippen LogP contribution is 2.32. The molecule has 3 amide bonds. The number of nitrogens with one attached hydrogen (secondary N) is 3. The van der Waals surface area contributed by atoms with Gasteiger partial charge in [0.15, 0.2) is 0 Å². The van der Waals surface area contributed by atoms with E-state index in [1.165, 1.54) is 0 Å². The van der Waals surface area contributed by atoms with Gasteiger partial charge < -0.3 is 26.1 Å². The lowest BCUT2D eigenvalue weighted by molar-refractivity contribution is 0.0997. The van der Waals surface area contributed by atoms with Crippen molar-refractivity contribution in [2.75, 3.05) is 17.7 Å². The summed E-state index contributed by atoms with van der Waals surface area (Å²) in [7, 11) is 1.55. The maximum Gasteiger partial charge on any atom is 0.323 e. The van der Waals surface area contributed by atoms with Gasteiger partial charge in [-0.1, -0.05) is 18.2 Å². The highest BCUT2D eigenvalue weighted by atomic mass is 16.5. The molecule has 31 heavy (non-hydrogen) atoms. The van der Waals surface area contributed by atoms with Gasteiger partial charge in [-0.05, 0) is 54.4 Å². The number of fused-ring (bicyclic) bond motifs is 1. The molecule has 0 radical (unpaired) electrons. The molecule has 2 heterocycles. The molecule has 0 unspecified atom stereocenters. The summed E-state index contributed by atoms with van der Waals surface area (Å²) in [5.41, 5.74) is 10.8. The average Bonchev–Trinajstić information content (AvgIpc) is 3.14. The zero-order chi connectivity index (χ0) is 22.0. The van der Waals surface area contributed by atoms with E-state index in [9.17, 15) is 9.59 Å². The lowest BCUT2D eigenvalue weighted by atomic mass is 10.0. The number of aryl methyl sites for hydroxylation is 1. The zero-order valence-corrected chi connectivity index (χ0v) is 17.0. The van der Waals surface area contributed by atoms with Gasteiger partial charge in [-0.25, -0.2) is 4.79 Å². The molecule has 0 spiro atoms. The second-order valence-corrected chi connectivity index (χ2v) is 7.00. The summed E-state index contributed by atoms with van der Waals surface area (Å²) in [5, 5.41) is 5.58. The van der Waals surface area contributed by atoms with E-state index in [4.69, 9.17) is 10.5 Å². The third-order valence-corrected chi connectivity index (χ3v) is 4.84. The molecule has 0 atom stereocenters. The first-order valence-corrected chi connectivity index (χ1v) is 9.56. The van der Waals surface area contributed by atoms with Crippen LogP contribution in [0.25, 0.3) is 22.2 Å². The summed E-state index contributed by atoms with van der Waals surface area (Å²) in [6.07, 6.45) is 1.66. The Hall–Kier alpha value is -4.33. The van der Waals surface area contributed by atoms with Crippen LogP contribution in [-0.2, 0) is 0 Å². The number of rotatable bonds is 5. The third-order valence-electron chi connectivity index (χ3n) is 4.84. The van der Waals surface area contributed by atoms with E-state index < -0.39 is 11.9 Å². The molecular weight excluding hydrogens is 394 g/mol. The minimum absolute atomic E-state index is 0.290. The standard InChI is InChI=1S/C23H21N5O3/c1-13-5-10-18(31-2)17(12-13)28-23(30)26-15-8-6-14(7-9-15)19-20-16(4-3-11-25-20)27-21(19)22(24)29/h3-12,27H,1-2H3,(H2,24,29)(H2,26,28,30). The van der Waals surface area contributed by atoms with Gasteiger partial charge in [-0.15, -0.1) is 0 Å². The number of primary amides is 1. The maximum absolute atomic E-state index is 12.4. The number of anilines is 2. The number of benzene rings is 2. The summed E-state index contributed by atoms with van der Waals surface area (Å²) >= 11 is 0. The normalized spacial score (nSPS) is 10.6. The van der Waals surface area contributed by atoms with E-state index in [1.54, 1.807) is 49.7 Å². The summed E-state index contributed by atoms with van der Waals surface area (Å²) in [6, 6.07) is 15.8. The number of carbonyl (C=O) groups is 2. The molecule has 4 aromatic rings. The molecule has 0 aliphatic rings. The van der Waals surface area contributed by atoms with Crippen molar-refractivity contribution < 1.29 is 14.3 Å². The second kappa shape index (κ2) is 8.19. The first kappa shape index (κ1) is 20.0. The Morgan fingerprint density at radius 2 is 1.84 bits per heavy atom. The lowest BCUT2D eigenvalue weighted by Crippen LogP contribution is -2.19. The number of ether oxygens (including phenoxy) is 1. The zero-order valence-electron chi connectivity index (χ0n) is 17.0. The minimum Gasteiger partial charge on any atom is -0.495 e. The van der Waals surface area contributed by atoms with E-state index in [-0.39, 0.29) is 0 Å². The second-order valence-electron chi connectivity index (χ2n) is 7.00. The Morgan fingerprint density at radius 3 is 2.55 bits per heavy atom. The van der Waals surface area contributed by atoms with Crippen LogP contribution >= 0.6 is 0 Å². The molecule has 2 aromatic carbocycles. The fourth-order valence-corrected chi connectivity index (χ4v) is 3.41. The van der Waals surface area contributed by atoms with Gasteiger partial charge in [-0.2, -0.15) is 0 Å². The minimum atomic E-state index is -0.568. The van der Waals surface area contributed by atoms with Crippen molar-refractivity contribution >= 4 is 34.3 Å².